The monoisotopic (exact) mass is 229 g/mol. The van der Waals surface area contributed by atoms with Crippen LogP contribution in [0.4, 0.5) is 5.95 Å². The predicted molar refractivity (Wildman–Crippen MR) is 67.9 cm³/mol. The molecule has 2 N–H and O–H groups in total. The van der Waals surface area contributed by atoms with Gasteiger partial charge in [0.05, 0.1) is 12.8 Å². The first-order valence-corrected chi connectivity index (χ1v) is 5.36. The summed E-state index contributed by atoms with van der Waals surface area (Å²) in [6.07, 6.45) is 0. The molecular formula is C13H15N3O. The van der Waals surface area contributed by atoms with E-state index in [9.17, 15) is 0 Å². The van der Waals surface area contributed by atoms with Crippen LogP contribution in [0.15, 0.2) is 24.3 Å². The number of nitrogens with zero attached hydrogens (tertiary/aromatic N) is 2. The third kappa shape index (κ3) is 2.36. The van der Waals surface area contributed by atoms with Crippen LogP contribution in [0.25, 0.3) is 11.3 Å². The predicted octanol–water partition coefficient (Wildman–Crippen LogP) is 2.35. The Labute approximate surface area is 100 Å². The lowest BCUT2D eigenvalue weighted by molar-refractivity contribution is 0.398. The highest BCUT2D eigenvalue weighted by Crippen LogP contribution is 2.25. The van der Waals surface area contributed by atoms with Gasteiger partial charge in [-0.25, -0.2) is 4.98 Å². The van der Waals surface area contributed by atoms with E-state index in [4.69, 9.17) is 10.5 Å². The molecule has 2 aromatic rings. The fourth-order valence-electron chi connectivity index (χ4n) is 1.70. The number of aryl methyl sites for hydroxylation is 2. The van der Waals surface area contributed by atoms with Crippen LogP contribution in [-0.4, -0.2) is 17.1 Å². The molecule has 0 amide bonds. The van der Waals surface area contributed by atoms with Gasteiger partial charge in [0.15, 0.2) is 0 Å². The lowest BCUT2D eigenvalue weighted by atomic mass is 10.0. The zero-order chi connectivity index (χ0) is 12.4. The fraction of sp³-hybridized carbons (Fsp3) is 0.231. The molecule has 1 aromatic heterocycles. The van der Waals surface area contributed by atoms with Crippen LogP contribution in [0, 0.1) is 13.8 Å². The Bertz CT molecular complexity index is 552. The Morgan fingerprint density at radius 3 is 2.59 bits per heavy atom. The molecule has 0 fully saturated rings. The molecule has 0 aliphatic heterocycles. The van der Waals surface area contributed by atoms with Crippen LogP contribution in [-0.2, 0) is 0 Å². The lowest BCUT2D eigenvalue weighted by Crippen LogP contribution is -2.00. The quantitative estimate of drug-likeness (QED) is 0.858. The molecule has 0 unspecified atom stereocenters. The SMILES string of the molecule is COc1cc(-c2cc(C)ccc2C)nc(N)n1. The minimum absolute atomic E-state index is 0.222. The molecule has 4 heteroatoms. The lowest BCUT2D eigenvalue weighted by Gasteiger charge is -2.08. The fourth-order valence-corrected chi connectivity index (χ4v) is 1.70. The molecule has 17 heavy (non-hydrogen) atoms. The summed E-state index contributed by atoms with van der Waals surface area (Å²) in [6, 6.07) is 8.00. The summed E-state index contributed by atoms with van der Waals surface area (Å²) < 4.78 is 5.10. The molecule has 0 radical (unpaired) electrons. The summed E-state index contributed by atoms with van der Waals surface area (Å²) in [7, 11) is 1.56. The van der Waals surface area contributed by atoms with Crippen molar-refractivity contribution in [2.24, 2.45) is 0 Å². The minimum atomic E-state index is 0.222. The molecule has 4 nitrogen and oxygen atoms in total. The van der Waals surface area contributed by atoms with Crippen LogP contribution in [0.5, 0.6) is 5.88 Å². The van der Waals surface area contributed by atoms with Gasteiger partial charge >= 0.3 is 0 Å². The van der Waals surface area contributed by atoms with Crippen molar-refractivity contribution in [3.8, 4) is 17.1 Å². The zero-order valence-electron chi connectivity index (χ0n) is 10.2. The van der Waals surface area contributed by atoms with Gasteiger partial charge in [0.25, 0.3) is 0 Å². The van der Waals surface area contributed by atoms with Gasteiger partial charge in [-0.3, -0.25) is 0 Å². The largest absolute Gasteiger partial charge is 0.481 e. The van der Waals surface area contributed by atoms with Crippen LogP contribution in [0.2, 0.25) is 0 Å². The smallest absolute Gasteiger partial charge is 0.223 e. The van der Waals surface area contributed by atoms with Crippen molar-refractivity contribution in [2.75, 3.05) is 12.8 Å². The highest BCUT2D eigenvalue weighted by molar-refractivity contribution is 5.66. The van der Waals surface area contributed by atoms with E-state index < -0.39 is 0 Å². The van der Waals surface area contributed by atoms with E-state index in [1.54, 1.807) is 13.2 Å². The number of ether oxygens (including phenoxy) is 1. The van der Waals surface area contributed by atoms with Crippen molar-refractivity contribution in [1.82, 2.24) is 9.97 Å². The van der Waals surface area contributed by atoms with Crippen LogP contribution in [0.3, 0.4) is 0 Å². The number of nitrogen functional groups attached to an aromatic ring is 1. The van der Waals surface area contributed by atoms with Gasteiger partial charge < -0.3 is 10.5 Å². The molecule has 0 bridgehead atoms. The highest BCUT2D eigenvalue weighted by Gasteiger charge is 2.07. The van der Waals surface area contributed by atoms with Gasteiger partial charge in [-0.2, -0.15) is 4.98 Å². The first-order valence-electron chi connectivity index (χ1n) is 5.36. The van der Waals surface area contributed by atoms with Crippen LogP contribution >= 0.6 is 0 Å². The number of nitrogens with two attached hydrogens (primary N) is 1. The maximum absolute atomic E-state index is 5.66. The zero-order valence-corrected chi connectivity index (χ0v) is 10.2. The van der Waals surface area contributed by atoms with E-state index >= 15 is 0 Å². The van der Waals surface area contributed by atoms with Crippen molar-refractivity contribution >= 4 is 5.95 Å². The average molecular weight is 229 g/mol. The second kappa shape index (κ2) is 4.41. The Morgan fingerprint density at radius 2 is 1.88 bits per heavy atom. The molecule has 0 saturated heterocycles. The van der Waals surface area contributed by atoms with Crippen LogP contribution in [0.1, 0.15) is 11.1 Å². The van der Waals surface area contributed by atoms with Crippen molar-refractivity contribution in [1.29, 1.82) is 0 Å². The number of anilines is 1. The summed E-state index contributed by atoms with van der Waals surface area (Å²) in [4.78, 5) is 8.22. The number of benzene rings is 1. The highest BCUT2D eigenvalue weighted by atomic mass is 16.5. The van der Waals surface area contributed by atoms with E-state index in [2.05, 4.69) is 28.2 Å². The summed E-state index contributed by atoms with van der Waals surface area (Å²) in [5.74, 6) is 0.702. The number of hydrogen-bond donors (Lipinski definition) is 1. The summed E-state index contributed by atoms with van der Waals surface area (Å²) in [5.41, 5.74) is 9.83. The van der Waals surface area contributed by atoms with Crippen molar-refractivity contribution < 1.29 is 4.74 Å². The standard InChI is InChI=1S/C13H15N3O/c1-8-4-5-9(2)10(6-8)11-7-12(17-3)16-13(14)15-11/h4-7H,1-3H3,(H2,14,15,16). The van der Waals surface area contributed by atoms with Gasteiger partial charge in [0.1, 0.15) is 0 Å². The van der Waals surface area contributed by atoms with Crippen LogP contribution < -0.4 is 10.5 Å². The summed E-state index contributed by atoms with van der Waals surface area (Å²) in [5, 5.41) is 0. The average Bonchev–Trinajstić information content (AvgIpc) is 2.31. The van der Waals surface area contributed by atoms with E-state index in [1.807, 2.05) is 13.8 Å². The van der Waals surface area contributed by atoms with Crippen molar-refractivity contribution in [3.05, 3.63) is 35.4 Å². The van der Waals surface area contributed by atoms with E-state index in [-0.39, 0.29) is 5.95 Å². The number of aromatic nitrogens is 2. The molecular weight excluding hydrogens is 214 g/mol. The molecule has 0 saturated carbocycles. The molecule has 0 aliphatic rings. The molecule has 0 atom stereocenters. The summed E-state index contributed by atoms with van der Waals surface area (Å²) >= 11 is 0. The van der Waals surface area contributed by atoms with Gasteiger partial charge in [0.2, 0.25) is 11.8 Å². The molecule has 0 spiro atoms. The van der Waals surface area contributed by atoms with Gasteiger partial charge in [0, 0.05) is 11.6 Å². The third-order valence-electron chi connectivity index (χ3n) is 2.60. The maximum atomic E-state index is 5.66. The molecule has 2 rings (SSSR count). The Morgan fingerprint density at radius 1 is 1.12 bits per heavy atom. The second-order valence-corrected chi connectivity index (χ2v) is 3.97. The number of methoxy groups -OCH3 is 1. The maximum Gasteiger partial charge on any atom is 0.223 e. The second-order valence-electron chi connectivity index (χ2n) is 3.97. The molecule has 1 aromatic carbocycles. The Balaban J connectivity index is 2.59. The first kappa shape index (κ1) is 11.4. The number of hydrogen-bond acceptors (Lipinski definition) is 4. The molecule has 1 heterocycles. The number of rotatable bonds is 2. The van der Waals surface area contributed by atoms with Gasteiger partial charge in [-0.05, 0) is 25.5 Å². The first-order chi connectivity index (χ1) is 8.10. The summed E-state index contributed by atoms with van der Waals surface area (Å²) in [6.45, 7) is 4.09. The van der Waals surface area contributed by atoms with Gasteiger partial charge in [-0.1, -0.05) is 17.7 Å². The topological polar surface area (TPSA) is 61.0 Å². The van der Waals surface area contributed by atoms with E-state index in [1.165, 1.54) is 5.56 Å². The normalized spacial score (nSPS) is 10.3. The van der Waals surface area contributed by atoms with Crippen molar-refractivity contribution in [3.63, 3.8) is 0 Å². The Kier molecular flexibility index (Phi) is 2.95. The molecule has 88 valence electrons. The van der Waals surface area contributed by atoms with E-state index in [0.29, 0.717) is 5.88 Å². The van der Waals surface area contributed by atoms with Crippen molar-refractivity contribution in [2.45, 2.75) is 13.8 Å². The third-order valence-corrected chi connectivity index (χ3v) is 2.60. The Hall–Kier alpha value is -2.10. The molecule has 0 aliphatic carbocycles. The van der Waals surface area contributed by atoms with E-state index in [0.717, 1.165) is 16.8 Å². The minimum Gasteiger partial charge on any atom is -0.481 e. The van der Waals surface area contributed by atoms with Gasteiger partial charge in [-0.15, -0.1) is 0 Å².